The van der Waals surface area contributed by atoms with Gasteiger partial charge in [-0.1, -0.05) is 0 Å². The molecule has 5 nitrogen and oxygen atoms in total. The molecule has 1 atom stereocenters. The maximum absolute atomic E-state index is 13.1. The molecule has 0 aliphatic heterocycles. The Hall–Kier alpha value is -0.830. The topological polar surface area (TPSA) is 80.7 Å². The number of ether oxygens (including phenoxy) is 1. The maximum atomic E-state index is 13.1. The summed E-state index contributed by atoms with van der Waals surface area (Å²) >= 11 is 0. The lowest BCUT2D eigenvalue weighted by Crippen LogP contribution is -2.59. The fourth-order valence-electron chi connectivity index (χ4n) is 5.08. The van der Waals surface area contributed by atoms with E-state index >= 15 is 0 Å². The van der Waals surface area contributed by atoms with Gasteiger partial charge >= 0.3 is 12.1 Å². The molecule has 9 heteroatoms. The summed E-state index contributed by atoms with van der Waals surface area (Å²) in [4.78, 5) is 12.1. The predicted octanol–water partition coefficient (Wildman–Crippen LogP) is 2.81. The lowest BCUT2D eigenvalue weighted by Gasteiger charge is -2.59. The van der Waals surface area contributed by atoms with Gasteiger partial charge in [0.05, 0.1) is 5.75 Å². The van der Waals surface area contributed by atoms with Crippen molar-refractivity contribution >= 4 is 16.1 Å². The van der Waals surface area contributed by atoms with Gasteiger partial charge in [-0.2, -0.15) is 21.6 Å². The molecule has 0 spiro atoms. The molecule has 4 saturated carbocycles. The van der Waals surface area contributed by atoms with E-state index in [-0.39, 0.29) is 11.8 Å². The van der Waals surface area contributed by atoms with Crippen molar-refractivity contribution in [2.45, 2.75) is 50.8 Å². The fraction of sp³-hybridized carbons (Fsp3) is 0.933. The Morgan fingerprint density at radius 1 is 1.17 bits per heavy atom. The molecule has 0 saturated heterocycles. The Bertz CT molecular complexity index is 600. The third kappa shape index (κ3) is 3.29. The van der Waals surface area contributed by atoms with Gasteiger partial charge < -0.3 is 4.74 Å². The number of carbonyl (C=O) groups excluding carboxylic acids is 1. The van der Waals surface area contributed by atoms with Crippen LogP contribution in [0, 0.1) is 29.6 Å². The zero-order valence-corrected chi connectivity index (χ0v) is 14.1. The molecule has 0 amide bonds. The first kappa shape index (κ1) is 18.0. The first-order chi connectivity index (χ1) is 10.9. The van der Waals surface area contributed by atoms with E-state index in [1.807, 2.05) is 0 Å². The van der Waals surface area contributed by atoms with Gasteiger partial charge in [0.25, 0.3) is 10.1 Å². The third-order valence-corrected chi connectivity index (χ3v) is 6.89. The first-order valence-corrected chi connectivity index (χ1v) is 9.74. The van der Waals surface area contributed by atoms with Crippen LogP contribution in [0.2, 0.25) is 0 Å². The standard InChI is InChI=1S/C15H21F3O5S/c1-14(10-3-8-2-9(5-10)6-11(14)4-8)23-13(19)12(15(16,17)18)7-24(20,21)22/h8-12H,2-7H2,1H3,(H,20,21,22). The second-order valence-electron chi connectivity index (χ2n) is 7.75. The van der Waals surface area contributed by atoms with Gasteiger partial charge in [-0.05, 0) is 62.7 Å². The maximum Gasteiger partial charge on any atom is 0.403 e. The van der Waals surface area contributed by atoms with Crippen LogP contribution in [0.4, 0.5) is 13.2 Å². The van der Waals surface area contributed by atoms with Gasteiger partial charge in [0, 0.05) is 0 Å². The number of carbonyl (C=O) groups is 1. The Kier molecular flexibility index (Phi) is 4.18. The zero-order valence-electron chi connectivity index (χ0n) is 13.3. The average molecular weight is 370 g/mol. The van der Waals surface area contributed by atoms with Crippen LogP contribution in [0.1, 0.15) is 39.0 Å². The van der Waals surface area contributed by atoms with Crippen LogP contribution in [0.3, 0.4) is 0 Å². The molecule has 4 fully saturated rings. The molecular weight excluding hydrogens is 349 g/mol. The van der Waals surface area contributed by atoms with Gasteiger partial charge in [0.2, 0.25) is 0 Å². The van der Waals surface area contributed by atoms with E-state index < -0.39 is 39.5 Å². The number of halogens is 3. The van der Waals surface area contributed by atoms with Crippen LogP contribution in [-0.4, -0.2) is 36.5 Å². The number of rotatable bonds is 4. The van der Waals surface area contributed by atoms with Crippen LogP contribution in [-0.2, 0) is 19.6 Å². The van der Waals surface area contributed by atoms with E-state index in [1.165, 1.54) is 0 Å². The summed E-state index contributed by atoms with van der Waals surface area (Å²) in [6.07, 6.45) is -0.588. The number of alkyl halides is 3. The highest BCUT2D eigenvalue weighted by molar-refractivity contribution is 7.85. The van der Waals surface area contributed by atoms with Crippen molar-refractivity contribution in [2.75, 3.05) is 5.75 Å². The molecule has 0 aromatic carbocycles. The van der Waals surface area contributed by atoms with Gasteiger partial charge in [0.15, 0.2) is 5.92 Å². The quantitative estimate of drug-likeness (QED) is 0.608. The molecule has 138 valence electrons. The smallest absolute Gasteiger partial charge is 0.403 e. The monoisotopic (exact) mass is 370 g/mol. The molecule has 4 bridgehead atoms. The van der Waals surface area contributed by atoms with Crippen molar-refractivity contribution in [2.24, 2.45) is 29.6 Å². The highest BCUT2D eigenvalue weighted by Gasteiger charge is 2.59. The van der Waals surface area contributed by atoms with E-state index in [0.29, 0.717) is 11.8 Å². The predicted molar refractivity (Wildman–Crippen MR) is 77.5 cm³/mol. The molecule has 1 N–H and O–H groups in total. The van der Waals surface area contributed by atoms with Crippen LogP contribution >= 0.6 is 0 Å². The third-order valence-electron chi connectivity index (χ3n) is 6.14. The van der Waals surface area contributed by atoms with Crippen molar-refractivity contribution in [3.05, 3.63) is 0 Å². The summed E-state index contributed by atoms with van der Waals surface area (Å²) < 4.78 is 75.0. The molecule has 0 aromatic heterocycles. The summed E-state index contributed by atoms with van der Waals surface area (Å²) in [6, 6.07) is 0. The van der Waals surface area contributed by atoms with Gasteiger partial charge in [0.1, 0.15) is 5.60 Å². The number of hydrogen-bond acceptors (Lipinski definition) is 4. The van der Waals surface area contributed by atoms with Crippen molar-refractivity contribution < 1.29 is 35.7 Å². The van der Waals surface area contributed by atoms with Crippen molar-refractivity contribution in [1.82, 2.24) is 0 Å². The van der Waals surface area contributed by atoms with Crippen LogP contribution in [0.15, 0.2) is 0 Å². The summed E-state index contributed by atoms with van der Waals surface area (Å²) in [5, 5.41) is 0. The highest BCUT2D eigenvalue weighted by Crippen LogP contribution is 2.59. The van der Waals surface area contributed by atoms with E-state index in [4.69, 9.17) is 9.29 Å². The number of hydrogen-bond donors (Lipinski definition) is 1. The number of esters is 1. The van der Waals surface area contributed by atoms with E-state index in [9.17, 15) is 26.4 Å². The van der Waals surface area contributed by atoms with Crippen molar-refractivity contribution in [3.8, 4) is 0 Å². The second kappa shape index (κ2) is 5.59. The van der Waals surface area contributed by atoms with E-state index in [2.05, 4.69) is 0 Å². The molecular formula is C15H21F3O5S. The molecule has 0 heterocycles. The van der Waals surface area contributed by atoms with Gasteiger partial charge in [-0.25, -0.2) is 0 Å². The SMILES string of the molecule is CC1(OC(=O)C(CS(=O)(=O)O)C(F)(F)F)C2CC3CC(C2)CC1C3. The molecule has 4 rings (SSSR count). The second-order valence-corrected chi connectivity index (χ2v) is 9.25. The largest absolute Gasteiger partial charge is 0.458 e. The fourth-order valence-corrected chi connectivity index (χ4v) is 5.83. The van der Waals surface area contributed by atoms with Crippen molar-refractivity contribution in [3.63, 3.8) is 0 Å². The molecule has 4 aliphatic rings. The lowest BCUT2D eigenvalue weighted by atomic mass is 9.50. The van der Waals surface area contributed by atoms with Gasteiger partial charge in [-0.15, -0.1) is 0 Å². The minimum Gasteiger partial charge on any atom is -0.458 e. The molecule has 24 heavy (non-hydrogen) atoms. The molecule has 0 radical (unpaired) electrons. The average Bonchev–Trinajstić information content (AvgIpc) is 2.39. The molecule has 0 aromatic rings. The van der Waals surface area contributed by atoms with Crippen molar-refractivity contribution in [1.29, 1.82) is 0 Å². The first-order valence-electron chi connectivity index (χ1n) is 8.13. The Labute approximate surface area is 138 Å². The summed E-state index contributed by atoms with van der Waals surface area (Å²) in [6.45, 7) is 1.68. The van der Waals surface area contributed by atoms with E-state index in [0.717, 1.165) is 32.1 Å². The summed E-state index contributed by atoms with van der Waals surface area (Å²) in [5.41, 5.74) is -0.979. The highest BCUT2D eigenvalue weighted by atomic mass is 32.2. The van der Waals surface area contributed by atoms with Crippen LogP contribution in [0.25, 0.3) is 0 Å². The lowest BCUT2D eigenvalue weighted by molar-refractivity contribution is -0.227. The minimum atomic E-state index is -5.09. The summed E-state index contributed by atoms with van der Waals surface area (Å²) in [5.74, 6) is -5.01. The molecule has 1 unspecified atom stereocenters. The summed E-state index contributed by atoms with van der Waals surface area (Å²) in [7, 11) is -4.95. The van der Waals surface area contributed by atoms with Gasteiger partial charge in [-0.3, -0.25) is 9.35 Å². The minimum absolute atomic E-state index is 0.0253. The molecule has 4 aliphatic carbocycles. The Balaban J connectivity index is 1.79. The Morgan fingerprint density at radius 2 is 1.62 bits per heavy atom. The normalized spacial score (nSPS) is 39.7. The van der Waals surface area contributed by atoms with Crippen LogP contribution < -0.4 is 0 Å². The zero-order chi connectivity index (χ0) is 17.9. The Morgan fingerprint density at radius 3 is 2.00 bits per heavy atom. The van der Waals surface area contributed by atoms with E-state index in [1.54, 1.807) is 6.92 Å². The van der Waals surface area contributed by atoms with Crippen LogP contribution in [0.5, 0.6) is 0 Å².